The van der Waals surface area contributed by atoms with Crippen LogP contribution in [0.15, 0.2) is 18.2 Å². The zero-order chi connectivity index (χ0) is 13.7. The molecule has 0 aromatic carbocycles. The summed E-state index contributed by atoms with van der Waals surface area (Å²) in [5, 5.41) is 8.97. The van der Waals surface area contributed by atoms with E-state index in [1.54, 1.807) is 12.1 Å². The SMILES string of the molecule is CCN(Cc1cccc(C(=O)O)n1)C1CCCCC1. The summed E-state index contributed by atoms with van der Waals surface area (Å²) in [5.41, 5.74) is 0.990. The first-order valence-electron chi connectivity index (χ1n) is 7.14. The van der Waals surface area contributed by atoms with Gasteiger partial charge in [-0.05, 0) is 31.5 Å². The molecule has 1 N–H and O–H groups in total. The molecule has 1 aliphatic rings. The molecule has 1 aromatic heterocycles. The summed E-state index contributed by atoms with van der Waals surface area (Å²) in [6.07, 6.45) is 6.48. The Bertz CT molecular complexity index is 428. The average molecular weight is 262 g/mol. The molecule has 1 heterocycles. The van der Waals surface area contributed by atoms with Gasteiger partial charge in [0, 0.05) is 12.6 Å². The summed E-state index contributed by atoms with van der Waals surface area (Å²) in [4.78, 5) is 17.6. The first-order valence-corrected chi connectivity index (χ1v) is 7.14. The molecule has 0 spiro atoms. The van der Waals surface area contributed by atoms with E-state index in [4.69, 9.17) is 5.11 Å². The number of pyridine rings is 1. The minimum Gasteiger partial charge on any atom is -0.477 e. The molecule has 1 aromatic rings. The lowest BCUT2D eigenvalue weighted by atomic mass is 9.94. The Morgan fingerprint density at radius 3 is 2.74 bits per heavy atom. The van der Waals surface area contributed by atoms with Crippen LogP contribution in [-0.2, 0) is 6.54 Å². The van der Waals surface area contributed by atoms with Crippen molar-refractivity contribution in [2.75, 3.05) is 6.54 Å². The summed E-state index contributed by atoms with van der Waals surface area (Å²) in [6, 6.07) is 5.87. The van der Waals surface area contributed by atoms with Gasteiger partial charge in [0.2, 0.25) is 0 Å². The van der Waals surface area contributed by atoms with E-state index >= 15 is 0 Å². The van der Waals surface area contributed by atoms with Crippen molar-refractivity contribution in [2.24, 2.45) is 0 Å². The van der Waals surface area contributed by atoms with Crippen molar-refractivity contribution in [1.29, 1.82) is 0 Å². The molecule has 0 unspecified atom stereocenters. The summed E-state index contributed by atoms with van der Waals surface area (Å²) < 4.78 is 0. The van der Waals surface area contributed by atoms with Crippen LogP contribution < -0.4 is 0 Å². The molecule has 2 rings (SSSR count). The molecule has 1 fully saturated rings. The number of hydrogen-bond acceptors (Lipinski definition) is 3. The fourth-order valence-corrected chi connectivity index (χ4v) is 2.84. The van der Waals surface area contributed by atoms with Crippen LogP contribution in [0.3, 0.4) is 0 Å². The Balaban J connectivity index is 2.04. The fourth-order valence-electron chi connectivity index (χ4n) is 2.84. The van der Waals surface area contributed by atoms with Crippen LogP contribution in [-0.4, -0.2) is 33.5 Å². The Hall–Kier alpha value is -1.42. The van der Waals surface area contributed by atoms with Gasteiger partial charge >= 0.3 is 5.97 Å². The van der Waals surface area contributed by atoms with Gasteiger partial charge < -0.3 is 5.11 Å². The summed E-state index contributed by atoms with van der Waals surface area (Å²) in [5.74, 6) is -0.956. The fraction of sp³-hybridized carbons (Fsp3) is 0.600. The van der Waals surface area contributed by atoms with E-state index in [0.717, 1.165) is 18.8 Å². The van der Waals surface area contributed by atoms with E-state index in [1.807, 2.05) is 6.07 Å². The third kappa shape index (κ3) is 3.77. The molecule has 0 amide bonds. The van der Waals surface area contributed by atoms with Crippen LogP contribution in [0, 0.1) is 0 Å². The molecule has 0 bridgehead atoms. The van der Waals surface area contributed by atoms with Gasteiger partial charge in [-0.2, -0.15) is 0 Å². The Labute approximate surface area is 114 Å². The highest BCUT2D eigenvalue weighted by atomic mass is 16.4. The zero-order valence-electron chi connectivity index (χ0n) is 11.5. The normalized spacial score (nSPS) is 16.7. The number of nitrogens with zero attached hydrogens (tertiary/aromatic N) is 2. The summed E-state index contributed by atoms with van der Waals surface area (Å²) >= 11 is 0. The number of carboxylic acid groups (broad SMARTS) is 1. The topological polar surface area (TPSA) is 53.4 Å². The quantitative estimate of drug-likeness (QED) is 0.886. The maximum absolute atomic E-state index is 10.9. The van der Waals surface area contributed by atoms with E-state index in [-0.39, 0.29) is 5.69 Å². The highest BCUT2D eigenvalue weighted by Crippen LogP contribution is 2.23. The lowest BCUT2D eigenvalue weighted by Crippen LogP contribution is -2.36. The van der Waals surface area contributed by atoms with E-state index < -0.39 is 5.97 Å². The predicted molar refractivity (Wildman–Crippen MR) is 74.2 cm³/mol. The molecule has 104 valence electrons. The summed E-state index contributed by atoms with van der Waals surface area (Å²) in [6.45, 7) is 3.90. The van der Waals surface area contributed by atoms with Gasteiger partial charge in [0.05, 0.1) is 5.69 Å². The average Bonchev–Trinajstić information content (AvgIpc) is 2.46. The maximum atomic E-state index is 10.9. The second kappa shape index (κ2) is 6.66. The van der Waals surface area contributed by atoms with Gasteiger partial charge in [-0.25, -0.2) is 9.78 Å². The van der Waals surface area contributed by atoms with E-state index in [0.29, 0.717) is 6.04 Å². The van der Waals surface area contributed by atoms with E-state index in [9.17, 15) is 4.79 Å². The number of carbonyl (C=O) groups is 1. The minimum absolute atomic E-state index is 0.136. The van der Waals surface area contributed by atoms with Crippen molar-refractivity contribution in [3.63, 3.8) is 0 Å². The molecule has 0 atom stereocenters. The van der Waals surface area contributed by atoms with Gasteiger partial charge in [0.25, 0.3) is 0 Å². The van der Waals surface area contributed by atoms with Crippen LogP contribution in [0.4, 0.5) is 0 Å². The smallest absolute Gasteiger partial charge is 0.354 e. The molecule has 4 nitrogen and oxygen atoms in total. The number of hydrogen-bond donors (Lipinski definition) is 1. The van der Waals surface area contributed by atoms with E-state index in [1.165, 1.54) is 32.1 Å². The first-order chi connectivity index (χ1) is 9.20. The van der Waals surface area contributed by atoms with Crippen molar-refractivity contribution in [3.8, 4) is 0 Å². The Morgan fingerprint density at radius 1 is 1.37 bits per heavy atom. The highest BCUT2D eigenvalue weighted by molar-refractivity contribution is 5.85. The second-order valence-corrected chi connectivity index (χ2v) is 5.17. The molecule has 1 aliphatic carbocycles. The van der Waals surface area contributed by atoms with Crippen molar-refractivity contribution < 1.29 is 9.90 Å². The van der Waals surface area contributed by atoms with Crippen LogP contribution in [0.2, 0.25) is 0 Å². The molecule has 1 saturated carbocycles. The summed E-state index contributed by atoms with van der Waals surface area (Å²) in [7, 11) is 0. The van der Waals surface area contributed by atoms with Gasteiger partial charge in [-0.1, -0.05) is 32.3 Å². The molecular weight excluding hydrogens is 240 g/mol. The monoisotopic (exact) mass is 262 g/mol. The van der Waals surface area contributed by atoms with Crippen molar-refractivity contribution in [3.05, 3.63) is 29.6 Å². The molecule has 19 heavy (non-hydrogen) atoms. The van der Waals surface area contributed by atoms with Crippen molar-refractivity contribution in [2.45, 2.75) is 51.6 Å². The van der Waals surface area contributed by atoms with Gasteiger partial charge in [-0.15, -0.1) is 0 Å². The van der Waals surface area contributed by atoms with Crippen LogP contribution in [0.1, 0.15) is 55.2 Å². The number of aromatic nitrogens is 1. The zero-order valence-corrected chi connectivity index (χ0v) is 11.5. The van der Waals surface area contributed by atoms with Crippen molar-refractivity contribution >= 4 is 5.97 Å². The van der Waals surface area contributed by atoms with Crippen LogP contribution in [0.25, 0.3) is 0 Å². The largest absolute Gasteiger partial charge is 0.477 e. The predicted octanol–water partition coefficient (Wildman–Crippen LogP) is 2.93. The van der Waals surface area contributed by atoms with Crippen molar-refractivity contribution in [1.82, 2.24) is 9.88 Å². The first kappa shape index (κ1) is 14.0. The molecule has 4 heteroatoms. The second-order valence-electron chi connectivity index (χ2n) is 5.17. The Kier molecular flexibility index (Phi) is 4.91. The van der Waals surface area contributed by atoms with Crippen LogP contribution >= 0.6 is 0 Å². The minimum atomic E-state index is -0.956. The van der Waals surface area contributed by atoms with Gasteiger partial charge in [-0.3, -0.25) is 4.90 Å². The molecular formula is C15H22N2O2. The lowest BCUT2D eigenvalue weighted by Gasteiger charge is -2.33. The highest BCUT2D eigenvalue weighted by Gasteiger charge is 2.20. The van der Waals surface area contributed by atoms with Crippen LogP contribution in [0.5, 0.6) is 0 Å². The molecule has 0 saturated heterocycles. The Morgan fingerprint density at radius 2 is 2.11 bits per heavy atom. The standard InChI is InChI=1S/C15H22N2O2/c1-2-17(13-8-4-3-5-9-13)11-12-7-6-10-14(16-12)15(18)19/h6-7,10,13H,2-5,8-9,11H2,1H3,(H,18,19). The molecule has 0 radical (unpaired) electrons. The molecule has 0 aliphatic heterocycles. The number of aromatic carboxylic acids is 1. The number of carboxylic acids is 1. The number of rotatable bonds is 5. The third-order valence-electron chi connectivity index (χ3n) is 3.89. The third-order valence-corrected chi connectivity index (χ3v) is 3.89. The maximum Gasteiger partial charge on any atom is 0.354 e. The lowest BCUT2D eigenvalue weighted by molar-refractivity contribution is 0.0689. The van der Waals surface area contributed by atoms with E-state index in [2.05, 4.69) is 16.8 Å². The van der Waals surface area contributed by atoms with Gasteiger partial charge in [0.1, 0.15) is 5.69 Å². The van der Waals surface area contributed by atoms with Gasteiger partial charge in [0.15, 0.2) is 0 Å².